The molecule has 0 fully saturated rings. The molecule has 0 atom stereocenters. The summed E-state index contributed by atoms with van der Waals surface area (Å²) in [6.07, 6.45) is 4.66. The Morgan fingerprint density at radius 3 is 2.03 bits per heavy atom. The molecule has 6 heteroatoms. The number of hydrogen-bond donors (Lipinski definition) is 3. The third-order valence-electron chi connectivity index (χ3n) is 4.98. The first-order valence-corrected chi connectivity index (χ1v) is 9.66. The number of aromatic hydroxyl groups is 3. The van der Waals surface area contributed by atoms with Crippen LogP contribution in [0.1, 0.15) is 38.8 Å². The molecule has 0 radical (unpaired) electrons. The van der Waals surface area contributed by atoms with Crippen LogP contribution in [-0.4, -0.2) is 22.4 Å². The molecule has 0 amide bonds. The van der Waals surface area contributed by atoms with Gasteiger partial charge in [-0.1, -0.05) is 23.3 Å². The molecule has 0 aliphatic rings. The summed E-state index contributed by atoms with van der Waals surface area (Å²) < 4.78 is 11.6. The third-order valence-corrected chi connectivity index (χ3v) is 4.98. The lowest BCUT2D eigenvalue weighted by molar-refractivity contribution is 0.397. The fraction of sp³-hybridized carbons (Fsp3) is 0.292. The highest BCUT2D eigenvalue weighted by Crippen LogP contribution is 2.43. The van der Waals surface area contributed by atoms with Gasteiger partial charge in [-0.2, -0.15) is 0 Å². The lowest BCUT2D eigenvalue weighted by atomic mass is 9.96. The summed E-state index contributed by atoms with van der Waals surface area (Å²) in [5.74, 6) is -0.428. The first-order chi connectivity index (χ1) is 14.2. The molecular weight excluding hydrogens is 384 g/mol. The molecule has 0 saturated heterocycles. The Morgan fingerprint density at radius 2 is 1.47 bits per heavy atom. The molecule has 0 aliphatic heterocycles. The Hall–Kier alpha value is -3.41. The van der Waals surface area contributed by atoms with Crippen molar-refractivity contribution in [1.29, 1.82) is 0 Å². The zero-order valence-corrected chi connectivity index (χ0v) is 17.8. The second-order valence-corrected chi connectivity index (χ2v) is 7.75. The second-order valence-electron chi connectivity index (χ2n) is 7.75. The lowest BCUT2D eigenvalue weighted by Crippen LogP contribution is -2.08. The zero-order valence-electron chi connectivity index (χ0n) is 17.8. The van der Waals surface area contributed by atoms with Crippen LogP contribution in [0, 0.1) is 0 Å². The van der Waals surface area contributed by atoms with Crippen LogP contribution in [0.25, 0.3) is 21.9 Å². The highest BCUT2D eigenvalue weighted by atomic mass is 16.5. The van der Waals surface area contributed by atoms with Crippen LogP contribution in [0.15, 0.2) is 44.6 Å². The van der Waals surface area contributed by atoms with Crippen molar-refractivity contribution in [3.63, 3.8) is 0 Å². The van der Waals surface area contributed by atoms with Gasteiger partial charge in [0, 0.05) is 11.1 Å². The average Bonchev–Trinajstić information content (AvgIpc) is 2.68. The highest BCUT2D eigenvalue weighted by molar-refractivity contribution is 6.00. The van der Waals surface area contributed by atoms with Crippen molar-refractivity contribution in [1.82, 2.24) is 0 Å². The first kappa shape index (κ1) is 21.3. The van der Waals surface area contributed by atoms with Gasteiger partial charge in [0.15, 0.2) is 11.3 Å². The molecule has 158 valence electrons. The lowest BCUT2D eigenvalue weighted by Gasteiger charge is -2.17. The summed E-state index contributed by atoms with van der Waals surface area (Å²) in [6.45, 7) is 7.79. The van der Waals surface area contributed by atoms with Crippen molar-refractivity contribution in [2.75, 3.05) is 7.11 Å². The Balaban J connectivity index is 2.57. The van der Waals surface area contributed by atoms with Gasteiger partial charge < -0.3 is 24.5 Å². The number of ether oxygens (including phenoxy) is 1. The molecule has 2 aromatic carbocycles. The quantitative estimate of drug-likeness (QED) is 0.308. The Labute approximate surface area is 174 Å². The van der Waals surface area contributed by atoms with Gasteiger partial charge >= 0.3 is 0 Å². The molecule has 6 nitrogen and oxygen atoms in total. The van der Waals surface area contributed by atoms with E-state index in [1.54, 1.807) is 0 Å². The molecule has 1 aromatic heterocycles. The van der Waals surface area contributed by atoms with E-state index in [9.17, 15) is 20.1 Å². The molecular formula is C24H26O6. The van der Waals surface area contributed by atoms with Crippen molar-refractivity contribution in [2.24, 2.45) is 0 Å². The van der Waals surface area contributed by atoms with Gasteiger partial charge in [-0.05, 0) is 52.7 Å². The summed E-state index contributed by atoms with van der Waals surface area (Å²) in [7, 11) is 1.50. The van der Waals surface area contributed by atoms with Crippen LogP contribution < -0.4 is 10.2 Å². The molecule has 0 spiro atoms. The molecule has 3 N–H and O–H groups in total. The summed E-state index contributed by atoms with van der Waals surface area (Å²) >= 11 is 0. The fourth-order valence-electron chi connectivity index (χ4n) is 3.47. The average molecular weight is 410 g/mol. The summed E-state index contributed by atoms with van der Waals surface area (Å²) in [4.78, 5) is 13.3. The van der Waals surface area contributed by atoms with E-state index in [2.05, 4.69) is 0 Å². The molecule has 0 bridgehead atoms. The molecule has 0 unspecified atom stereocenters. The van der Waals surface area contributed by atoms with Gasteiger partial charge in [0.05, 0.1) is 7.11 Å². The van der Waals surface area contributed by atoms with Gasteiger partial charge in [-0.3, -0.25) is 4.79 Å². The number of fused-ring (bicyclic) bond motifs is 2. The van der Waals surface area contributed by atoms with Crippen LogP contribution in [-0.2, 0) is 12.8 Å². The van der Waals surface area contributed by atoms with Gasteiger partial charge in [-0.15, -0.1) is 0 Å². The van der Waals surface area contributed by atoms with E-state index in [0.29, 0.717) is 29.7 Å². The SMILES string of the molecule is COc1c(CC=C(C)C)c(O)c2c(=O)c3c(O)ccc(O)c3oc2c1CC=C(C)C. The van der Waals surface area contributed by atoms with Crippen LogP contribution in [0.3, 0.4) is 0 Å². The largest absolute Gasteiger partial charge is 0.507 e. The molecule has 3 aromatic rings. The van der Waals surface area contributed by atoms with Crippen LogP contribution >= 0.6 is 0 Å². The maximum Gasteiger partial charge on any atom is 0.208 e. The summed E-state index contributed by atoms with van der Waals surface area (Å²) in [6, 6.07) is 2.47. The monoisotopic (exact) mass is 410 g/mol. The number of rotatable bonds is 5. The molecule has 30 heavy (non-hydrogen) atoms. The third kappa shape index (κ3) is 3.61. The van der Waals surface area contributed by atoms with E-state index >= 15 is 0 Å². The maximum absolute atomic E-state index is 13.3. The molecule has 0 aliphatic carbocycles. The van der Waals surface area contributed by atoms with Gasteiger partial charge in [0.25, 0.3) is 0 Å². The summed E-state index contributed by atoms with van der Waals surface area (Å²) in [5, 5.41) is 31.3. The van der Waals surface area contributed by atoms with E-state index in [1.165, 1.54) is 19.2 Å². The van der Waals surface area contributed by atoms with E-state index in [4.69, 9.17) is 9.15 Å². The number of methoxy groups -OCH3 is 1. The summed E-state index contributed by atoms with van der Waals surface area (Å²) in [5.41, 5.74) is 2.55. The van der Waals surface area contributed by atoms with E-state index in [1.807, 2.05) is 39.8 Å². The number of phenols is 3. The first-order valence-electron chi connectivity index (χ1n) is 9.66. The van der Waals surface area contributed by atoms with Crippen molar-refractivity contribution < 1.29 is 24.5 Å². The number of phenolic OH excluding ortho intramolecular Hbond substituents is 3. The predicted octanol–water partition coefficient (Wildman–Crippen LogP) is 5.09. The minimum Gasteiger partial charge on any atom is -0.507 e. The normalized spacial score (nSPS) is 11.0. The van der Waals surface area contributed by atoms with Gasteiger partial charge in [0.1, 0.15) is 33.6 Å². The number of benzene rings is 2. The Morgan fingerprint density at radius 1 is 0.900 bits per heavy atom. The van der Waals surface area contributed by atoms with Crippen molar-refractivity contribution in [3.8, 4) is 23.0 Å². The van der Waals surface area contributed by atoms with Crippen molar-refractivity contribution >= 4 is 21.9 Å². The molecule has 0 saturated carbocycles. The van der Waals surface area contributed by atoms with E-state index in [0.717, 1.165) is 11.1 Å². The number of allylic oxidation sites excluding steroid dienone is 4. The Bertz CT molecular complexity index is 1250. The van der Waals surface area contributed by atoms with Crippen molar-refractivity contribution in [3.05, 3.63) is 56.8 Å². The van der Waals surface area contributed by atoms with Crippen LogP contribution in [0.2, 0.25) is 0 Å². The molecule has 3 rings (SSSR count). The van der Waals surface area contributed by atoms with Crippen LogP contribution in [0.4, 0.5) is 0 Å². The van der Waals surface area contributed by atoms with Gasteiger partial charge in [-0.25, -0.2) is 0 Å². The number of hydrogen-bond acceptors (Lipinski definition) is 6. The predicted molar refractivity (Wildman–Crippen MR) is 118 cm³/mol. The van der Waals surface area contributed by atoms with Crippen LogP contribution in [0.5, 0.6) is 23.0 Å². The van der Waals surface area contributed by atoms with E-state index < -0.39 is 5.43 Å². The van der Waals surface area contributed by atoms with E-state index in [-0.39, 0.29) is 39.2 Å². The standard InChI is InChI=1S/C24H26O6/c1-12(2)6-8-14-20(27)19-21(28)18-16(25)10-11-17(26)24(18)30-23(19)15(22(14)29-5)9-7-13(3)4/h6-7,10-11,25-27H,8-9H2,1-5H3. The Kier molecular flexibility index (Phi) is 5.78. The smallest absolute Gasteiger partial charge is 0.208 e. The fourth-order valence-corrected chi connectivity index (χ4v) is 3.47. The second kappa shape index (κ2) is 8.14. The molecule has 1 heterocycles. The van der Waals surface area contributed by atoms with Gasteiger partial charge in [0.2, 0.25) is 5.43 Å². The zero-order chi connectivity index (χ0) is 22.2. The minimum atomic E-state index is -0.614. The van der Waals surface area contributed by atoms with Crippen molar-refractivity contribution in [2.45, 2.75) is 40.5 Å². The minimum absolute atomic E-state index is 0.0430. The maximum atomic E-state index is 13.3. The highest BCUT2D eigenvalue weighted by Gasteiger charge is 2.25. The topological polar surface area (TPSA) is 100 Å².